The fourth-order valence-corrected chi connectivity index (χ4v) is 2.01. The molecule has 3 rings (SSSR count). The van der Waals surface area contributed by atoms with Gasteiger partial charge in [0.2, 0.25) is 5.95 Å². The van der Waals surface area contributed by atoms with Crippen molar-refractivity contribution in [2.45, 2.75) is 13.0 Å². The van der Waals surface area contributed by atoms with Crippen LogP contribution in [0.15, 0.2) is 30.5 Å². The minimum Gasteiger partial charge on any atom is -0.356 e. The summed E-state index contributed by atoms with van der Waals surface area (Å²) in [6.45, 7) is 1.73. The molecule has 2 heterocycles. The Labute approximate surface area is 109 Å². The summed E-state index contributed by atoms with van der Waals surface area (Å²) in [7, 11) is 0. The van der Waals surface area contributed by atoms with E-state index in [4.69, 9.17) is 0 Å². The maximum Gasteiger partial charge on any atom is 0.275 e. The van der Waals surface area contributed by atoms with E-state index < -0.39 is 0 Å². The molecule has 0 atom stereocenters. The Morgan fingerprint density at radius 3 is 2.89 bits per heavy atom. The standard InChI is InChI=1S/C13H13FN4O/c14-9-2-4-10(5-3-9)16-12(19)11-8-18-7-1-6-15-13(18)17-11/h2-5,8H,1,6-7H2,(H,15,17)(H,16,19). The smallest absolute Gasteiger partial charge is 0.275 e. The second-order valence-corrected chi connectivity index (χ2v) is 4.38. The molecule has 0 bridgehead atoms. The first-order valence-electron chi connectivity index (χ1n) is 6.10. The van der Waals surface area contributed by atoms with Crippen LogP contribution in [0, 0.1) is 5.82 Å². The van der Waals surface area contributed by atoms with Gasteiger partial charge in [-0.1, -0.05) is 0 Å². The van der Waals surface area contributed by atoms with E-state index in [0.717, 1.165) is 25.5 Å². The number of nitrogens with zero attached hydrogens (tertiary/aromatic N) is 2. The lowest BCUT2D eigenvalue weighted by atomic mass is 10.3. The maximum atomic E-state index is 12.8. The van der Waals surface area contributed by atoms with Crippen LogP contribution in [0.5, 0.6) is 0 Å². The average Bonchev–Trinajstić information content (AvgIpc) is 2.85. The lowest BCUT2D eigenvalue weighted by Gasteiger charge is -2.14. The molecule has 98 valence electrons. The molecule has 0 unspecified atom stereocenters. The number of benzene rings is 1. The number of aryl methyl sites for hydroxylation is 1. The van der Waals surface area contributed by atoms with Gasteiger partial charge in [0.15, 0.2) is 0 Å². The van der Waals surface area contributed by atoms with Crippen molar-refractivity contribution in [3.63, 3.8) is 0 Å². The molecule has 1 aliphatic heterocycles. The lowest BCUT2D eigenvalue weighted by Crippen LogP contribution is -2.16. The summed E-state index contributed by atoms with van der Waals surface area (Å²) >= 11 is 0. The van der Waals surface area contributed by atoms with Crippen molar-refractivity contribution in [3.8, 4) is 0 Å². The molecular formula is C13H13FN4O. The summed E-state index contributed by atoms with van der Waals surface area (Å²) in [5.41, 5.74) is 0.902. The summed E-state index contributed by atoms with van der Waals surface area (Å²) in [5.74, 6) is 0.0884. The van der Waals surface area contributed by atoms with E-state index in [-0.39, 0.29) is 11.7 Å². The Morgan fingerprint density at radius 2 is 2.16 bits per heavy atom. The van der Waals surface area contributed by atoms with Gasteiger partial charge < -0.3 is 15.2 Å². The number of fused-ring (bicyclic) bond motifs is 1. The topological polar surface area (TPSA) is 59.0 Å². The largest absolute Gasteiger partial charge is 0.356 e. The molecule has 1 amide bonds. The summed E-state index contributed by atoms with van der Waals surface area (Å²) in [6, 6.07) is 5.63. The molecule has 6 heteroatoms. The molecule has 0 spiro atoms. The van der Waals surface area contributed by atoms with Crippen LogP contribution < -0.4 is 10.6 Å². The highest BCUT2D eigenvalue weighted by Crippen LogP contribution is 2.15. The van der Waals surface area contributed by atoms with Crippen LogP contribution in [0.2, 0.25) is 0 Å². The molecular weight excluding hydrogens is 247 g/mol. The molecule has 19 heavy (non-hydrogen) atoms. The number of hydrogen-bond donors (Lipinski definition) is 2. The minimum absolute atomic E-state index is 0.296. The van der Waals surface area contributed by atoms with Gasteiger partial charge in [-0.3, -0.25) is 4.79 Å². The SMILES string of the molecule is O=C(Nc1ccc(F)cc1)c1cn2c(n1)NCCC2. The fourth-order valence-electron chi connectivity index (χ4n) is 2.01. The first-order valence-corrected chi connectivity index (χ1v) is 6.10. The van der Waals surface area contributed by atoms with Crippen LogP contribution in [0.1, 0.15) is 16.9 Å². The Bertz CT molecular complexity index is 582. The van der Waals surface area contributed by atoms with Crippen molar-refractivity contribution in [1.82, 2.24) is 9.55 Å². The van der Waals surface area contributed by atoms with Crippen LogP contribution in [-0.2, 0) is 6.54 Å². The van der Waals surface area contributed by atoms with Crippen molar-refractivity contribution in [2.24, 2.45) is 0 Å². The van der Waals surface area contributed by atoms with Crippen LogP contribution in [-0.4, -0.2) is 22.0 Å². The summed E-state index contributed by atoms with van der Waals surface area (Å²) in [6.07, 6.45) is 2.74. The quantitative estimate of drug-likeness (QED) is 0.869. The van der Waals surface area contributed by atoms with Gasteiger partial charge in [-0.05, 0) is 30.7 Å². The van der Waals surface area contributed by atoms with Gasteiger partial charge in [0.1, 0.15) is 11.5 Å². The van der Waals surface area contributed by atoms with Crippen molar-refractivity contribution in [3.05, 3.63) is 42.0 Å². The van der Waals surface area contributed by atoms with E-state index in [9.17, 15) is 9.18 Å². The van der Waals surface area contributed by atoms with E-state index in [1.54, 1.807) is 6.20 Å². The number of carbonyl (C=O) groups excluding carboxylic acids is 1. The van der Waals surface area contributed by atoms with Crippen LogP contribution >= 0.6 is 0 Å². The van der Waals surface area contributed by atoms with E-state index in [1.165, 1.54) is 24.3 Å². The normalized spacial score (nSPS) is 13.5. The third kappa shape index (κ3) is 2.42. The monoisotopic (exact) mass is 260 g/mol. The predicted octanol–water partition coefficient (Wildman–Crippen LogP) is 2.09. The lowest BCUT2D eigenvalue weighted by molar-refractivity contribution is 0.102. The molecule has 0 fully saturated rings. The summed E-state index contributed by atoms with van der Waals surface area (Å²) < 4.78 is 14.7. The third-order valence-corrected chi connectivity index (χ3v) is 2.97. The average molecular weight is 260 g/mol. The van der Waals surface area contributed by atoms with Crippen molar-refractivity contribution in [2.75, 3.05) is 17.2 Å². The summed E-state index contributed by atoms with van der Waals surface area (Å²) in [5, 5.41) is 5.82. The van der Waals surface area contributed by atoms with Crippen LogP contribution in [0.25, 0.3) is 0 Å². The highest BCUT2D eigenvalue weighted by molar-refractivity contribution is 6.03. The highest BCUT2D eigenvalue weighted by Gasteiger charge is 2.16. The Kier molecular flexibility index (Phi) is 2.91. The van der Waals surface area contributed by atoms with E-state index in [0.29, 0.717) is 11.4 Å². The van der Waals surface area contributed by atoms with E-state index in [2.05, 4.69) is 15.6 Å². The Morgan fingerprint density at radius 1 is 1.37 bits per heavy atom. The third-order valence-electron chi connectivity index (χ3n) is 2.97. The molecule has 0 saturated heterocycles. The van der Waals surface area contributed by atoms with Gasteiger partial charge in [-0.2, -0.15) is 0 Å². The Hall–Kier alpha value is -2.37. The van der Waals surface area contributed by atoms with Gasteiger partial charge in [-0.15, -0.1) is 0 Å². The van der Waals surface area contributed by atoms with Crippen LogP contribution in [0.4, 0.5) is 16.0 Å². The molecule has 1 aromatic heterocycles. The molecule has 2 aromatic rings. The molecule has 0 saturated carbocycles. The Balaban J connectivity index is 1.76. The number of aromatic nitrogens is 2. The molecule has 0 radical (unpaired) electrons. The zero-order chi connectivity index (χ0) is 13.2. The van der Waals surface area contributed by atoms with Crippen molar-refractivity contribution in [1.29, 1.82) is 0 Å². The molecule has 0 aliphatic carbocycles. The van der Waals surface area contributed by atoms with Crippen molar-refractivity contribution >= 4 is 17.5 Å². The van der Waals surface area contributed by atoms with Gasteiger partial charge >= 0.3 is 0 Å². The number of anilines is 2. The highest BCUT2D eigenvalue weighted by atomic mass is 19.1. The summed E-state index contributed by atoms with van der Waals surface area (Å²) in [4.78, 5) is 16.2. The number of rotatable bonds is 2. The van der Waals surface area contributed by atoms with Gasteiger partial charge in [0.05, 0.1) is 0 Å². The predicted molar refractivity (Wildman–Crippen MR) is 69.7 cm³/mol. The number of halogens is 1. The molecule has 5 nitrogen and oxygen atoms in total. The molecule has 2 N–H and O–H groups in total. The zero-order valence-electron chi connectivity index (χ0n) is 10.2. The second kappa shape index (κ2) is 4.72. The van der Waals surface area contributed by atoms with Gasteiger partial charge in [0, 0.05) is 25.0 Å². The minimum atomic E-state index is -0.334. The number of nitrogens with one attached hydrogen (secondary N) is 2. The second-order valence-electron chi connectivity index (χ2n) is 4.38. The maximum absolute atomic E-state index is 12.8. The first-order chi connectivity index (χ1) is 9.22. The molecule has 1 aliphatic rings. The van der Waals surface area contributed by atoms with Gasteiger partial charge in [0.25, 0.3) is 5.91 Å². The first kappa shape index (κ1) is 11.7. The number of amides is 1. The molecule has 1 aromatic carbocycles. The van der Waals surface area contributed by atoms with Crippen LogP contribution in [0.3, 0.4) is 0 Å². The van der Waals surface area contributed by atoms with E-state index in [1.807, 2.05) is 4.57 Å². The zero-order valence-corrected chi connectivity index (χ0v) is 10.2. The van der Waals surface area contributed by atoms with E-state index >= 15 is 0 Å². The fraction of sp³-hybridized carbons (Fsp3) is 0.231. The van der Waals surface area contributed by atoms with Crippen molar-refractivity contribution < 1.29 is 9.18 Å². The number of hydrogen-bond acceptors (Lipinski definition) is 3. The number of carbonyl (C=O) groups is 1. The van der Waals surface area contributed by atoms with Gasteiger partial charge in [-0.25, -0.2) is 9.37 Å². The number of imidazole rings is 1.